The molecular weight excluding hydrogens is 848 g/mol. The van der Waals surface area contributed by atoms with Gasteiger partial charge in [-0.3, -0.25) is 4.79 Å². The van der Waals surface area contributed by atoms with Gasteiger partial charge in [-0.25, -0.2) is 0 Å². The van der Waals surface area contributed by atoms with Crippen molar-refractivity contribution in [2.75, 3.05) is 26.3 Å². The second-order valence-corrected chi connectivity index (χ2v) is 15.9. The Morgan fingerprint density at radius 1 is 0.826 bits per heavy atom. The lowest BCUT2D eigenvalue weighted by Gasteiger charge is -2.40. The summed E-state index contributed by atoms with van der Waals surface area (Å²) in [6.07, 6.45) is -2.04. The summed E-state index contributed by atoms with van der Waals surface area (Å²) in [6, 6.07) is 22.6. The van der Waals surface area contributed by atoms with Crippen LogP contribution in [0.2, 0.25) is 0 Å². The summed E-state index contributed by atoms with van der Waals surface area (Å²) in [5.41, 5.74) is 5.88. The highest BCUT2D eigenvalue weighted by Crippen LogP contribution is 2.57. The van der Waals surface area contributed by atoms with E-state index in [4.69, 9.17) is 9.47 Å². The van der Waals surface area contributed by atoms with Crippen molar-refractivity contribution in [1.29, 1.82) is 0 Å². The molecule has 0 radical (unpaired) electrons. The van der Waals surface area contributed by atoms with E-state index in [1.807, 2.05) is 35.2 Å². The number of benzene rings is 4. The van der Waals surface area contributed by atoms with Gasteiger partial charge in [0.05, 0.1) is 36.9 Å². The summed E-state index contributed by atoms with van der Waals surface area (Å²) in [5.74, 6) is 0.0206. The van der Waals surface area contributed by atoms with E-state index in [1.165, 1.54) is 0 Å². The Labute approximate surface area is 299 Å². The number of ether oxygens (including phenoxy) is 2. The van der Waals surface area contributed by atoms with E-state index in [0.717, 1.165) is 67.5 Å². The van der Waals surface area contributed by atoms with E-state index in [0.29, 0.717) is 19.7 Å². The number of nitrogens with zero attached hydrogens (tertiary/aromatic N) is 2. The number of halogens is 4. The van der Waals surface area contributed by atoms with Crippen LogP contribution < -0.4 is 0 Å². The van der Waals surface area contributed by atoms with Gasteiger partial charge in [-0.2, -0.15) is 0 Å². The number of rotatable bonds is 3. The first kappa shape index (κ1) is 31.2. The zero-order valence-electron chi connectivity index (χ0n) is 24.4. The van der Waals surface area contributed by atoms with Crippen LogP contribution in [-0.4, -0.2) is 64.1 Å². The van der Waals surface area contributed by atoms with E-state index in [-0.39, 0.29) is 31.6 Å². The van der Waals surface area contributed by atoms with Gasteiger partial charge in [0.25, 0.3) is 0 Å². The minimum absolute atomic E-state index is 0.0204. The summed E-state index contributed by atoms with van der Waals surface area (Å²) in [5, 5.41) is 23.4. The molecule has 1 aliphatic carbocycles. The number of morpholine rings is 1. The maximum absolute atomic E-state index is 14.1. The van der Waals surface area contributed by atoms with Gasteiger partial charge in [-0.15, -0.1) is 0 Å². The lowest BCUT2D eigenvalue weighted by atomic mass is 9.82. The molecule has 2 fully saturated rings. The summed E-state index contributed by atoms with van der Waals surface area (Å²) >= 11 is 14.6. The van der Waals surface area contributed by atoms with Crippen molar-refractivity contribution >= 4 is 91.4 Å². The van der Waals surface area contributed by atoms with Crippen LogP contribution in [0.5, 0.6) is 0 Å². The molecule has 1 spiro atoms. The Bertz CT molecular complexity index is 2010. The topological polar surface area (TPSA) is 84.2 Å². The fourth-order valence-corrected chi connectivity index (χ4v) is 8.96. The number of hydrogen-bond donors (Lipinski definition) is 2. The summed E-state index contributed by atoms with van der Waals surface area (Å²) in [7, 11) is 0. The van der Waals surface area contributed by atoms with Crippen LogP contribution in [0.1, 0.15) is 29.2 Å². The number of aliphatic hydroxyl groups excluding tert-OH is 2. The Hall–Kier alpha value is -2.09. The zero-order chi connectivity index (χ0) is 31.9. The van der Waals surface area contributed by atoms with Gasteiger partial charge in [-0.05, 0) is 76.3 Å². The zero-order valence-corrected chi connectivity index (χ0v) is 30.7. The first-order chi connectivity index (χ1) is 22.1. The summed E-state index contributed by atoms with van der Waals surface area (Å²) in [6.45, 7) is 1.52. The van der Waals surface area contributed by atoms with Gasteiger partial charge in [0.1, 0.15) is 24.4 Å². The van der Waals surface area contributed by atoms with E-state index >= 15 is 0 Å². The highest BCUT2D eigenvalue weighted by Gasteiger charge is 2.51. The van der Waals surface area contributed by atoms with E-state index in [2.05, 4.69) is 105 Å². The predicted octanol–water partition coefficient (Wildman–Crippen LogP) is 7.81. The Morgan fingerprint density at radius 2 is 1.48 bits per heavy atom. The maximum atomic E-state index is 14.1. The Morgan fingerprint density at radius 3 is 2.17 bits per heavy atom. The van der Waals surface area contributed by atoms with Gasteiger partial charge >= 0.3 is 0 Å². The monoisotopic (exact) mass is 872 g/mol. The van der Waals surface area contributed by atoms with Crippen molar-refractivity contribution in [3.8, 4) is 11.1 Å². The number of aromatic nitrogens is 1. The number of aliphatic hydroxyl groups is 2. The van der Waals surface area contributed by atoms with E-state index in [1.54, 1.807) is 0 Å². The third-order valence-corrected chi connectivity index (χ3v) is 11.5. The Balaban J connectivity index is 1.16. The summed E-state index contributed by atoms with van der Waals surface area (Å²) < 4.78 is 18.6. The van der Waals surface area contributed by atoms with Crippen molar-refractivity contribution in [3.05, 3.63) is 101 Å². The molecule has 11 heteroatoms. The third kappa shape index (κ3) is 5.05. The molecule has 1 aromatic heterocycles. The van der Waals surface area contributed by atoms with Gasteiger partial charge < -0.3 is 29.2 Å². The van der Waals surface area contributed by atoms with Gasteiger partial charge in [-0.1, -0.05) is 81.9 Å². The molecule has 2 saturated heterocycles. The molecule has 2 aliphatic heterocycles. The SMILES string of the molecule is O=C(Cn1c2cc(Br)ccc2c2ccc(Br)cc21)N1CCOC(c2cc(Br)cc3c2-c2ccc(Br)cc2C32CC(O)C(O)CO2)C1. The standard InChI is InChI=1S/C35H28Br4N2O5/c36-18-3-6-24-26(10-18)35(14-30(42)31(43)17-46-35)27-11-21(39)9-25(34(24)27)32-15-40(7-8-45-32)33(44)16-41-28-12-19(37)1-4-22(28)23-5-2-20(38)13-29(23)41/h1-6,9-13,30-32,42-43H,7-8,14-17H2. The van der Waals surface area contributed by atoms with Crippen molar-refractivity contribution in [2.45, 2.75) is 36.9 Å². The van der Waals surface area contributed by atoms with Gasteiger partial charge in [0, 0.05) is 41.6 Å². The molecule has 3 heterocycles. The molecule has 4 atom stereocenters. The fourth-order valence-electron chi connectivity index (χ4n) is 7.43. The normalized spacial score (nSPS) is 24.1. The molecule has 5 aromatic rings. The van der Waals surface area contributed by atoms with Crippen molar-refractivity contribution in [2.24, 2.45) is 0 Å². The largest absolute Gasteiger partial charge is 0.390 e. The lowest BCUT2D eigenvalue weighted by molar-refractivity contribution is -0.157. The summed E-state index contributed by atoms with van der Waals surface area (Å²) in [4.78, 5) is 16.0. The van der Waals surface area contributed by atoms with Crippen LogP contribution in [0.15, 0.2) is 84.6 Å². The predicted molar refractivity (Wildman–Crippen MR) is 191 cm³/mol. The van der Waals surface area contributed by atoms with Crippen molar-refractivity contribution in [3.63, 3.8) is 0 Å². The average Bonchev–Trinajstić information content (AvgIpc) is 3.46. The van der Waals surface area contributed by atoms with Gasteiger partial charge in [0.15, 0.2) is 0 Å². The molecule has 0 saturated carbocycles. The lowest BCUT2D eigenvalue weighted by Crippen LogP contribution is -2.47. The molecule has 3 aliphatic rings. The number of amides is 1. The Kier molecular flexibility index (Phi) is 8.00. The average molecular weight is 876 g/mol. The molecule has 2 N–H and O–H groups in total. The van der Waals surface area contributed by atoms with Crippen LogP contribution in [0.4, 0.5) is 0 Å². The number of fused-ring (bicyclic) bond motifs is 8. The molecule has 4 unspecified atom stereocenters. The second-order valence-electron chi connectivity index (χ2n) is 12.2. The van der Waals surface area contributed by atoms with Crippen LogP contribution in [0.3, 0.4) is 0 Å². The third-order valence-electron chi connectivity index (χ3n) is 9.55. The molecule has 236 valence electrons. The number of hydrogen-bond acceptors (Lipinski definition) is 5. The minimum Gasteiger partial charge on any atom is -0.390 e. The molecule has 1 amide bonds. The highest BCUT2D eigenvalue weighted by atomic mass is 79.9. The van der Waals surface area contributed by atoms with Crippen LogP contribution in [-0.2, 0) is 26.4 Å². The first-order valence-electron chi connectivity index (χ1n) is 15.0. The molecule has 8 rings (SSSR count). The van der Waals surface area contributed by atoms with Crippen molar-refractivity contribution < 1.29 is 24.5 Å². The molecular formula is C35H28Br4N2O5. The quantitative estimate of drug-likeness (QED) is 0.193. The number of carbonyl (C=O) groups excluding carboxylic acids is 1. The fraction of sp³-hybridized carbons (Fsp3) is 0.286. The molecule has 4 aromatic carbocycles. The maximum Gasteiger partial charge on any atom is 0.242 e. The second kappa shape index (κ2) is 11.8. The first-order valence-corrected chi connectivity index (χ1v) is 18.2. The van der Waals surface area contributed by atoms with Crippen LogP contribution >= 0.6 is 63.7 Å². The molecule has 7 nitrogen and oxygen atoms in total. The molecule has 46 heavy (non-hydrogen) atoms. The van der Waals surface area contributed by atoms with Crippen LogP contribution in [0.25, 0.3) is 32.9 Å². The number of carbonyl (C=O) groups is 1. The highest BCUT2D eigenvalue weighted by molar-refractivity contribution is 9.11. The van der Waals surface area contributed by atoms with Gasteiger partial charge in [0.2, 0.25) is 5.91 Å². The smallest absolute Gasteiger partial charge is 0.242 e. The van der Waals surface area contributed by atoms with E-state index in [9.17, 15) is 15.0 Å². The van der Waals surface area contributed by atoms with Crippen LogP contribution in [0, 0.1) is 0 Å². The van der Waals surface area contributed by atoms with E-state index < -0.39 is 17.8 Å². The minimum atomic E-state index is -0.949. The molecule has 0 bridgehead atoms. The van der Waals surface area contributed by atoms with Crippen molar-refractivity contribution in [1.82, 2.24) is 9.47 Å².